The van der Waals surface area contributed by atoms with Gasteiger partial charge in [0.25, 0.3) is 5.78 Å². The van der Waals surface area contributed by atoms with Crippen LogP contribution >= 0.6 is 46.3 Å². The molecule has 0 aliphatic carbocycles. The Balaban J connectivity index is 1.57. The first-order chi connectivity index (χ1) is 21.2. The van der Waals surface area contributed by atoms with Gasteiger partial charge < -0.3 is 14.6 Å². The monoisotopic (exact) mass is 671 g/mol. The number of hydrogen-bond donors (Lipinski definition) is 1. The second-order valence-electron chi connectivity index (χ2n) is 9.29. The highest BCUT2D eigenvalue weighted by Gasteiger charge is 2.48. The minimum atomic E-state index is -1.11. The zero-order valence-electron chi connectivity index (χ0n) is 23.1. The maximum atomic E-state index is 13.7. The minimum absolute atomic E-state index is 0.143. The lowest BCUT2D eigenvalue weighted by Crippen LogP contribution is -2.29. The van der Waals surface area contributed by atoms with Crippen LogP contribution in [-0.4, -0.2) is 40.2 Å². The van der Waals surface area contributed by atoms with E-state index in [9.17, 15) is 19.1 Å². The molecule has 13 heteroatoms. The van der Waals surface area contributed by atoms with E-state index in [1.165, 1.54) is 28.8 Å². The Bertz CT molecular complexity index is 1760. The van der Waals surface area contributed by atoms with E-state index in [2.05, 4.69) is 16.8 Å². The van der Waals surface area contributed by atoms with Gasteiger partial charge in [-0.2, -0.15) is 0 Å². The van der Waals surface area contributed by atoms with Gasteiger partial charge in [-0.3, -0.25) is 14.5 Å². The van der Waals surface area contributed by atoms with Crippen molar-refractivity contribution >= 4 is 68.9 Å². The summed E-state index contributed by atoms with van der Waals surface area (Å²) in [6.07, 6.45) is 1.59. The highest BCUT2D eigenvalue weighted by atomic mass is 35.5. The van der Waals surface area contributed by atoms with E-state index in [4.69, 9.17) is 32.7 Å². The average molecular weight is 673 g/mol. The molecule has 3 aromatic carbocycles. The van der Waals surface area contributed by atoms with Crippen LogP contribution in [0.2, 0.25) is 10.0 Å². The highest BCUT2D eigenvalue weighted by Crippen LogP contribution is 2.46. The van der Waals surface area contributed by atoms with Crippen LogP contribution in [-0.2, 0) is 15.3 Å². The van der Waals surface area contributed by atoms with Gasteiger partial charge in [-0.25, -0.2) is 4.39 Å². The van der Waals surface area contributed by atoms with Crippen molar-refractivity contribution in [1.29, 1.82) is 0 Å². The molecule has 1 aliphatic heterocycles. The molecule has 44 heavy (non-hydrogen) atoms. The van der Waals surface area contributed by atoms with Crippen molar-refractivity contribution in [2.75, 3.05) is 18.1 Å². The molecule has 1 aromatic heterocycles. The summed E-state index contributed by atoms with van der Waals surface area (Å²) in [5.41, 5.74) is 1.25. The van der Waals surface area contributed by atoms with E-state index in [-0.39, 0.29) is 22.9 Å². The van der Waals surface area contributed by atoms with Gasteiger partial charge in [-0.05, 0) is 66.6 Å². The molecule has 0 saturated carbocycles. The van der Waals surface area contributed by atoms with Gasteiger partial charge in [-0.15, -0.1) is 10.2 Å². The van der Waals surface area contributed by atoms with Crippen molar-refractivity contribution in [2.24, 2.45) is 0 Å². The molecular weight excluding hydrogens is 648 g/mol. The lowest BCUT2D eigenvalue weighted by atomic mass is 9.95. The second kappa shape index (κ2) is 13.8. The van der Waals surface area contributed by atoms with Crippen LogP contribution in [0.4, 0.5) is 9.52 Å². The Hall–Kier alpha value is -3.90. The van der Waals surface area contributed by atoms with Crippen molar-refractivity contribution in [2.45, 2.75) is 23.1 Å². The number of benzene rings is 3. The summed E-state index contributed by atoms with van der Waals surface area (Å²) in [6.45, 7) is 6.02. The molecule has 1 atom stereocenters. The predicted octanol–water partition coefficient (Wildman–Crippen LogP) is 7.87. The van der Waals surface area contributed by atoms with E-state index in [1.807, 2.05) is 13.0 Å². The number of thioether (sulfide) groups is 1. The Labute approximate surface area is 270 Å². The van der Waals surface area contributed by atoms with Gasteiger partial charge in [0.2, 0.25) is 5.13 Å². The topological polar surface area (TPSA) is 102 Å². The van der Waals surface area contributed by atoms with Gasteiger partial charge in [-0.1, -0.05) is 71.1 Å². The third-order valence-corrected chi connectivity index (χ3v) is 9.16. The molecule has 0 radical (unpaired) electrons. The average Bonchev–Trinajstić information content (AvgIpc) is 3.58. The van der Waals surface area contributed by atoms with Gasteiger partial charge in [0, 0.05) is 21.4 Å². The van der Waals surface area contributed by atoms with Crippen molar-refractivity contribution < 1.29 is 28.6 Å². The van der Waals surface area contributed by atoms with Crippen molar-refractivity contribution in [1.82, 2.24) is 10.2 Å². The Morgan fingerprint density at radius 2 is 1.86 bits per heavy atom. The van der Waals surface area contributed by atoms with Crippen LogP contribution in [0.25, 0.3) is 5.76 Å². The number of amides is 1. The van der Waals surface area contributed by atoms with Crippen LogP contribution in [0.1, 0.15) is 29.7 Å². The van der Waals surface area contributed by atoms with Crippen LogP contribution in [0.3, 0.4) is 0 Å². The quantitative estimate of drug-likeness (QED) is 0.0429. The summed E-state index contributed by atoms with van der Waals surface area (Å²) in [6, 6.07) is 14.0. The number of anilines is 1. The van der Waals surface area contributed by atoms with E-state index in [0.717, 1.165) is 29.0 Å². The third kappa shape index (κ3) is 6.61. The summed E-state index contributed by atoms with van der Waals surface area (Å²) in [5.74, 6) is -1.56. The van der Waals surface area contributed by atoms with Crippen LogP contribution in [0.15, 0.2) is 83.2 Å². The highest BCUT2D eigenvalue weighted by molar-refractivity contribution is 8.00. The van der Waals surface area contributed by atoms with Gasteiger partial charge in [0.05, 0.1) is 18.2 Å². The first-order valence-corrected chi connectivity index (χ1v) is 15.7. The molecule has 1 amide bonds. The van der Waals surface area contributed by atoms with Crippen LogP contribution in [0, 0.1) is 5.82 Å². The number of carbonyl (C=O) groups is 2. The largest absolute Gasteiger partial charge is 0.507 e. The molecule has 226 valence electrons. The number of ketones is 1. The van der Waals surface area contributed by atoms with E-state index in [0.29, 0.717) is 43.8 Å². The summed E-state index contributed by atoms with van der Waals surface area (Å²) in [7, 11) is 0. The van der Waals surface area contributed by atoms with Crippen molar-refractivity contribution in [3.63, 3.8) is 0 Å². The van der Waals surface area contributed by atoms with Crippen LogP contribution in [0.5, 0.6) is 11.5 Å². The third-order valence-electron chi connectivity index (χ3n) is 6.47. The fraction of sp³-hybridized carbons (Fsp3) is 0.161. The Morgan fingerprint density at radius 1 is 1.09 bits per heavy atom. The van der Waals surface area contributed by atoms with E-state index in [1.54, 1.807) is 36.4 Å². The van der Waals surface area contributed by atoms with Gasteiger partial charge >= 0.3 is 5.91 Å². The second-order valence-corrected chi connectivity index (χ2v) is 12.3. The zero-order valence-corrected chi connectivity index (χ0v) is 26.3. The number of rotatable bonds is 11. The number of aliphatic hydroxyl groups is 1. The number of carbonyl (C=O) groups excluding carboxylic acids is 2. The summed E-state index contributed by atoms with van der Waals surface area (Å²) >= 11 is 14.8. The first kappa shape index (κ1) is 31.5. The van der Waals surface area contributed by atoms with Crippen molar-refractivity contribution in [3.8, 4) is 11.5 Å². The molecule has 1 fully saturated rings. The molecule has 1 saturated heterocycles. The molecule has 0 spiro atoms. The van der Waals surface area contributed by atoms with Crippen LogP contribution < -0.4 is 14.4 Å². The standard InChI is InChI=1S/C31H24Cl2FN3O5S2/c1-3-13-42-23-12-8-18(14-24(23)41-4-2)26-25(27(38)17-6-10-21(34)11-7-17)28(39)29(40)37(26)30-35-36-31(44-30)43-16-19-5-9-20(32)15-22(19)33/h3,5-12,14-15,26,38H,1,4,13,16H2,2H3. The molecule has 1 aliphatic rings. The van der Waals surface area contributed by atoms with E-state index < -0.39 is 29.3 Å². The number of Topliss-reactive ketones (excluding diaryl/α,β-unsaturated/α-hetero) is 1. The molecule has 1 unspecified atom stereocenters. The molecule has 4 aromatic rings. The lowest BCUT2D eigenvalue weighted by Gasteiger charge is -2.23. The maximum absolute atomic E-state index is 13.7. The molecule has 5 rings (SSSR count). The number of ether oxygens (including phenoxy) is 2. The SMILES string of the molecule is C=CCOc1ccc(C2C(=C(O)c3ccc(F)cc3)C(=O)C(=O)N2c2nnc(SCc3ccc(Cl)cc3Cl)s2)cc1OCC. The number of aromatic nitrogens is 2. The summed E-state index contributed by atoms with van der Waals surface area (Å²) in [5, 5.41) is 21.0. The summed E-state index contributed by atoms with van der Waals surface area (Å²) < 4.78 is 25.7. The fourth-order valence-electron chi connectivity index (χ4n) is 4.48. The molecule has 1 N–H and O–H groups in total. The molecule has 8 nitrogen and oxygen atoms in total. The molecular formula is C31H24Cl2FN3O5S2. The zero-order chi connectivity index (χ0) is 31.4. The number of nitrogens with zero attached hydrogens (tertiary/aromatic N) is 3. The van der Waals surface area contributed by atoms with Gasteiger partial charge in [0.15, 0.2) is 15.8 Å². The Kier molecular flexibility index (Phi) is 9.90. The lowest BCUT2D eigenvalue weighted by molar-refractivity contribution is -0.132. The normalized spacial score (nSPS) is 15.9. The number of aliphatic hydroxyl groups excluding tert-OH is 1. The maximum Gasteiger partial charge on any atom is 0.301 e. The minimum Gasteiger partial charge on any atom is -0.507 e. The number of halogens is 3. The summed E-state index contributed by atoms with van der Waals surface area (Å²) in [4.78, 5) is 28.3. The number of hydrogen-bond acceptors (Lipinski definition) is 9. The van der Waals surface area contributed by atoms with E-state index >= 15 is 0 Å². The predicted molar refractivity (Wildman–Crippen MR) is 170 cm³/mol. The molecule has 2 heterocycles. The first-order valence-electron chi connectivity index (χ1n) is 13.2. The fourth-order valence-corrected chi connectivity index (χ4v) is 6.90. The smallest absolute Gasteiger partial charge is 0.301 e. The Morgan fingerprint density at radius 3 is 2.57 bits per heavy atom. The molecule has 0 bridgehead atoms. The van der Waals surface area contributed by atoms with Gasteiger partial charge in [0.1, 0.15) is 18.2 Å². The van der Waals surface area contributed by atoms with Crippen molar-refractivity contribution in [3.05, 3.63) is 111 Å².